The minimum Gasteiger partial charge on any atom is -0.494 e. The molecule has 0 aromatic heterocycles. The summed E-state index contributed by atoms with van der Waals surface area (Å²) in [6.45, 7) is 7.18. The minimum absolute atomic E-state index is 0.108. The quantitative estimate of drug-likeness (QED) is 0.103. The molecule has 3 aromatic rings. The van der Waals surface area contributed by atoms with Crippen LogP contribution in [-0.2, 0) is 9.53 Å². The average molecular weight is 557 g/mol. The Labute approximate surface area is 249 Å². The van der Waals surface area contributed by atoms with Crippen molar-refractivity contribution in [2.45, 2.75) is 117 Å². The smallest absolute Gasteiger partial charge is 0.306 e. The highest BCUT2D eigenvalue weighted by atomic mass is 16.5. The summed E-state index contributed by atoms with van der Waals surface area (Å²) >= 11 is 0. The van der Waals surface area contributed by atoms with Gasteiger partial charge in [0, 0.05) is 6.42 Å². The van der Waals surface area contributed by atoms with E-state index >= 15 is 0 Å². The van der Waals surface area contributed by atoms with E-state index < -0.39 is 0 Å². The summed E-state index contributed by atoms with van der Waals surface area (Å²) in [5, 5.41) is 0. The number of hydrogen-bond acceptors (Lipinski definition) is 3. The van der Waals surface area contributed by atoms with Crippen molar-refractivity contribution in [2.75, 3.05) is 6.61 Å². The highest BCUT2D eigenvalue weighted by Gasteiger charge is 2.13. The molecule has 0 aliphatic heterocycles. The van der Waals surface area contributed by atoms with Crippen molar-refractivity contribution in [2.24, 2.45) is 0 Å². The van der Waals surface area contributed by atoms with Gasteiger partial charge in [0.2, 0.25) is 0 Å². The first-order chi connectivity index (χ1) is 20.1. The maximum absolute atomic E-state index is 12.2. The van der Waals surface area contributed by atoms with Gasteiger partial charge in [0.15, 0.2) is 0 Å². The Morgan fingerprint density at radius 3 is 1.66 bits per heavy atom. The zero-order valence-corrected chi connectivity index (χ0v) is 25.8. The molecule has 3 heteroatoms. The lowest BCUT2D eigenvalue weighted by Crippen LogP contribution is -2.08. The Bertz CT molecular complexity index is 1120. The highest BCUT2D eigenvalue weighted by molar-refractivity contribution is 5.83. The molecule has 0 aliphatic rings. The van der Waals surface area contributed by atoms with Gasteiger partial charge in [0.1, 0.15) is 11.9 Å². The fourth-order valence-corrected chi connectivity index (χ4v) is 5.27. The fraction of sp³-hybridized carbons (Fsp3) is 0.500. The summed E-state index contributed by atoms with van der Waals surface area (Å²) in [5.41, 5.74) is 5.71. The van der Waals surface area contributed by atoms with Crippen LogP contribution in [0.4, 0.5) is 0 Å². The molecule has 0 saturated heterocycles. The van der Waals surface area contributed by atoms with Crippen molar-refractivity contribution < 1.29 is 14.3 Å². The van der Waals surface area contributed by atoms with E-state index in [1.807, 2.05) is 6.92 Å². The molecule has 3 nitrogen and oxygen atoms in total. The lowest BCUT2D eigenvalue weighted by molar-refractivity contribution is -0.148. The van der Waals surface area contributed by atoms with E-state index in [1.54, 1.807) is 0 Å². The maximum Gasteiger partial charge on any atom is 0.306 e. The lowest BCUT2D eigenvalue weighted by atomic mass is 9.93. The molecule has 3 aromatic carbocycles. The van der Waals surface area contributed by atoms with Crippen LogP contribution in [0.15, 0.2) is 72.8 Å². The molecule has 0 aliphatic carbocycles. The number of ether oxygens (including phenoxy) is 2. The highest BCUT2D eigenvalue weighted by Crippen LogP contribution is 2.34. The zero-order chi connectivity index (χ0) is 29.1. The molecule has 0 fully saturated rings. The minimum atomic E-state index is -0.249. The van der Waals surface area contributed by atoms with Gasteiger partial charge in [0.05, 0.1) is 6.61 Å². The molecule has 41 heavy (non-hydrogen) atoms. The summed E-state index contributed by atoms with van der Waals surface area (Å²) < 4.78 is 11.7. The van der Waals surface area contributed by atoms with Crippen molar-refractivity contribution in [3.05, 3.63) is 78.4 Å². The first kappa shape index (κ1) is 32.4. The van der Waals surface area contributed by atoms with E-state index in [0.29, 0.717) is 6.42 Å². The Morgan fingerprint density at radius 2 is 1.10 bits per heavy atom. The predicted octanol–water partition coefficient (Wildman–Crippen LogP) is 11.5. The molecule has 1 unspecified atom stereocenters. The molecule has 0 amide bonds. The molecule has 0 saturated carbocycles. The van der Waals surface area contributed by atoms with E-state index in [1.165, 1.54) is 80.9 Å². The number of rotatable bonds is 20. The first-order valence-corrected chi connectivity index (χ1v) is 16.2. The number of unbranched alkanes of at least 4 members (excludes halogenated alkanes) is 11. The van der Waals surface area contributed by atoms with Gasteiger partial charge in [-0.1, -0.05) is 145 Å². The van der Waals surface area contributed by atoms with Crippen LogP contribution in [0.2, 0.25) is 0 Å². The van der Waals surface area contributed by atoms with Gasteiger partial charge in [-0.15, -0.1) is 0 Å². The van der Waals surface area contributed by atoms with Crippen LogP contribution in [0.3, 0.4) is 0 Å². The summed E-state index contributed by atoms with van der Waals surface area (Å²) in [5.74, 6) is 0.827. The third kappa shape index (κ3) is 11.7. The topological polar surface area (TPSA) is 35.5 Å². The second-order valence-corrected chi connectivity index (χ2v) is 11.3. The number of carbonyl (C=O) groups excluding carboxylic acids is 1. The van der Waals surface area contributed by atoms with Crippen LogP contribution < -0.4 is 4.74 Å². The molecular weight excluding hydrogens is 504 g/mol. The van der Waals surface area contributed by atoms with Crippen molar-refractivity contribution in [3.63, 3.8) is 0 Å². The molecule has 0 spiro atoms. The number of esters is 1. The molecule has 1 atom stereocenters. The first-order valence-electron chi connectivity index (χ1n) is 16.2. The average Bonchev–Trinajstić information content (AvgIpc) is 3.00. The summed E-state index contributed by atoms with van der Waals surface area (Å²) in [7, 11) is 0. The molecule has 3 rings (SSSR count). The van der Waals surface area contributed by atoms with Gasteiger partial charge in [-0.05, 0) is 59.7 Å². The molecule has 0 N–H and O–H groups in total. The second kappa shape index (κ2) is 19.1. The zero-order valence-electron chi connectivity index (χ0n) is 25.8. The lowest BCUT2D eigenvalue weighted by Gasteiger charge is -2.15. The van der Waals surface area contributed by atoms with Crippen molar-refractivity contribution >= 4 is 5.97 Å². The standard InChI is InChI=1S/C38H52O3/c1-4-6-8-10-11-12-13-14-18-30-40-35-28-26-34(27-29-35)37-20-17-16-19-36(37)33-24-22-32(23-25-33)31(3)41-38(39)21-15-9-7-5-2/h16-17,19-20,22-29,31H,4-15,18,21,30H2,1-3H3. The predicted molar refractivity (Wildman–Crippen MR) is 173 cm³/mol. The van der Waals surface area contributed by atoms with Crippen molar-refractivity contribution in [1.29, 1.82) is 0 Å². The maximum atomic E-state index is 12.2. The third-order valence-electron chi connectivity index (χ3n) is 7.84. The van der Waals surface area contributed by atoms with Gasteiger partial charge in [0.25, 0.3) is 0 Å². The van der Waals surface area contributed by atoms with E-state index in [4.69, 9.17) is 9.47 Å². The summed E-state index contributed by atoms with van der Waals surface area (Å²) in [6, 6.07) is 25.4. The van der Waals surface area contributed by atoms with E-state index in [2.05, 4.69) is 86.6 Å². The van der Waals surface area contributed by atoms with E-state index in [0.717, 1.165) is 42.7 Å². The molecular formula is C38H52O3. The van der Waals surface area contributed by atoms with Crippen LogP contribution in [0.5, 0.6) is 5.75 Å². The molecule has 222 valence electrons. The Balaban J connectivity index is 1.49. The summed E-state index contributed by atoms with van der Waals surface area (Å²) in [4.78, 5) is 12.2. The van der Waals surface area contributed by atoms with Gasteiger partial charge in [-0.25, -0.2) is 0 Å². The van der Waals surface area contributed by atoms with Crippen LogP contribution in [0, 0.1) is 0 Å². The van der Waals surface area contributed by atoms with Crippen molar-refractivity contribution in [1.82, 2.24) is 0 Å². The van der Waals surface area contributed by atoms with Crippen LogP contribution >= 0.6 is 0 Å². The van der Waals surface area contributed by atoms with Gasteiger partial charge in [-0.3, -0.25) is 4.79 Å². The largest absolute Gasteiger partial charge is 0.494 e. The Morgan fingerprint density at radius 1 is 0.610 bits per heavy atom. The number of hydrogen-bond donors (Lipinski definition) is 0. The fourth-order valence-electron chi connectivity index (χ4n) is 5.27. The van der Waals surface area contributed by atoms with Crippen molar-refractivity contribution in [3.8, 4) is 28.0 Å². The van der Waals surface area contributed by atoms with E-state index in [-0.39, 0.29) is 12.1 Å². The summed E-state index contributed by atoms with van der Waals surface area (Å²) in [6.07, 6.45) is 16.5. The van der Waals surface area contributed by atoms with Gasteiger partial charge >= 0.3 is 5.97 Å². The number of carbonyl (C=O) groups is 1. The van der Waals surface area contributed by atoms with Crippen LogP contribution in [0.1, 0.15) is 122 Å². The molecule has 0 radical (unpaired) electrons. The SMILES string of the molecule is CCCCCCCCCCCOc1ccc(-c2ccccc2-c2ccc(C(C)OC(=O)CCCCCC)cc2)cc1. The van der Waals surface area contributed by atoms with E-state index in [9.17, 15) is 4.79 Å². The molecule has 0 heterocycles. The normalized spacial score (nSPS) is 11.8. The van der Waals surface area contributed by atoms with Gasteiger partial charge < -0.3 is 9.47 Å². The third-order valence-corrected chi connectivity index (χ3v) is 7.84. The monoisotopic (exact) mass is 556 g/mol. The molecule has 0 bridgehead atoms. The number of benzene rings is 3. The van der Waals surface area contributed by atoms with Crippen LogP contribution in [0.25, 0.3) is 22.3 Å². The Hall–Kier alpha value is -3.07. The Kier molecular flexibility index (Phi) is 15.1. The second-order valence-electron chi connectivity index (χ2n) is 11.3. The van der Waals surface area contributed by atoms with Gasteiger partial charge in [-0.2, -0.15) is 0 Å². The van der Waals surface area contributed by atoms with Crippen LogP contribution in [-0.4, -0.2) is 12.6 Å².